The predicted molar refractivity (Wildman–Crippen MR) is 105 cm³/mol. The fraction of sp³-hybridized carbons (Fsp3) is 0.476. The van der Waals surface area contributed by atoms with E-state index in [2.05, 4.69) is 28.7 Å². The molecule has 28 heavy (non-hydrogen) atoms. The number of nitrogens with zero attached hydrogens (tertiary/aromatic N) is 2. The molecule has 4 rings (SSSR count). The summed E-state index contributed by atoms with van der Waals surface area (Å²) in [4.78, 5) is 24.7. The lowest BCUT2D eigenvalue weighted by molar-refractivity contribution is -0.123. The maximum Gasteiger partial charge on any atom is 0.265 e. The van der Waals surface area contributed by atoms with Crippen LogP contribution >= 0.6 is 0 Å². The molecule has 2 heterocycles. The summed E-state index contributed by atoms with van der Waals surface area (Å²) in [5, 5.41) is 10.0. The second-order valence-corrected chi connectivity index (χ2v) is 7.82. The third-order valence-electron chi connectivity index (χ3n) is 5.57. The highest BCUT2D eigenvalue weighted by Crippen LogP contribution is 2.31. The van der Waals surface area contributed by atoms with Crippen molar-refractivity contribution in [1.82, 2.24) is 15.1 Å². The number of anilines is 1. The van der Waals surface area contributed by atoms with E-state index in [0.29, 0.717) is 12.1 Å². The molecule has 1 aromatic heterocycles. The van der Waals surface area contributed by atoms with Gasteiger partial charge in [0.1, 0.15) is 12.3 Å². The van der Waals surface area contributed by atoms with Gasteiger partial charge in [0.15, 0.2) is 6.10 Å². The molecular weight excluding hydrogens is 356 g/mol. The molecular formula is C21H26N4O3. The summed E-state index contributed by atoms with van der Waals surface area (Å²) >= 11 is 0. The first-order valence-corrected chi connectivity index (χ1v) is 9.87. The molecule has 2 N–H and O–H groups in total. The van der Waals surface area contributed by atoms with Gasteiger partial charge in [-0.15, -0.1) is 0 Å². The first kappa shape index (κ1) is 18.5. The molecule has 1 fully saturated rings. The molecule has 2 aromatic rings. The second-order valence-electron chi connectivity index (χ2n) is 7.82. The maximum absolute atomic E-state index is 12.6. The minimum atomic E-state index is -0.551. The highest BCUT2D eigenvalue weighted by Gasteiger charge is 2.30. The summed E-state index contributed by atoms with van der Waals surface area (Å²) in [6.45, 7) is 4.24. The van der Waals surface area contributed by atoms with Crippen LogP contribution in [0.4, 0.5) is 5.69 Å². The van der Waals surface area contributed by atoms with E-state index >= 15 is 0 Å². The number of hydrogen-bond donors (Lipinski definition) is 2. The second kappa shape index (κ2) is 7.66. The smallest absolute Gasteiger partial charge is 0.265 e. The predicted octanol–water partition coefficient (Wildman–Crippen LogP) is 2.50. The fourth-order valence-corrected chi connectivity index (χ4v) is 3.89. The van der Waals surface area contributed by atoms with Crippen LogP contribution in [0.2, 0.25) is 0 Å². The van der Waals surface area contributed by atoms with Gasteiger partial charge in [-0.05, 0) is 49.4 Å². The lowest BCUT2D eigenvalue weighted by Gasteiger charge is -2.11. The van der Waals surface area contributed by atoms with E-state index < -0.39 is 6.10 Å². The highest BCUT2D eigenvalue weighted by atomic mass is 16.5. The molecule has 2 aliphatic rings. The van der Waals surface area contributed by atoms with Gasteiger partial charge in [0.05, 0.1) is 11.9 Å². The van der Waals surface area contributed by atoms with Crippen molar-refractivity contribution in [3.8, 4) is 5.75 Å². The van der Waals surface area contributed by atoms with Crippen LogP contribution in [0.3, 0.4) is 0 Å². The minimum absolute atomic E-state index is 0.0480. The molecule has 7 nitrogen and oxygen atoms in total. The Bertz CT molecular complexity index is 868. The van der Waals surface area contributed by atoms with E-state index in [4.69, 9.17) is 4.74 Å². The Morgan fingerprint density at radius 3 is 2.75 bits per heavy atom. The number of carbonyl (C=O) groups excluding carboxylic acids is 2. The SMILES string of the molecule is Cc1cc2c(cc1C)OC(C(=O)Nc1cnn(CC(=O)NC3CCCC3)c1)C2. The zero-order valence-corrected chi connectivity index (χ0v) is 16.3. The summed E-state index contributed by atoms with van der Waals surface area (Å²) < 4.78 is 7.36. The summed E-state index contributed by atoms with van der Waals surface area (Å²) in [7, 11) is 0. The first-order valence-electron chi connectivity index (χ1n) is 9.87. The van der Waals surface area contributed by atoms with Gasteiger partial charge in [0, 0.05) is 18.7 Å². The molecule has 0 radical (unpaired) electrons. The average Bonchev–Trinajstić information content (AvgIpc) is 3.37. The van der Waals surface area contributed by atoms with Crippen molar-refractivity contribution in [2.45, 2.75) is 64.6 Å². The topological polar surface area (TPSA) is 85.2 Å². The van der Waals surface area contributed by atoms with Crippen LogP contribution in [0.25, 0.3) is 0 Å². The standard InChI is InChI=1S/C21H26N4O3/c1-13-7-15-9-19(28-18(15)8-14(13)2)21(27)24-17-10-22-25(11-17)12-20(26)23-16-5-3-4-6-16/h7-8,10-11,16,19H,3-6,9,12H2,1-2H3,(H,23,26)(H,24,27). The third-order valence-corrected chi connectivity index (χ3v) is 5.57. The number of fused-ring (bicyclic) bond motifs is 1. The van der Waals surface area contributed by atoms with Gasteiger partial charge in [0.25, 0.3) is 5.91 Å². The molecule has 2 amide bonds. The van der Waals surface area contributed by atoms with Gasteiger partial charge in [-0.1, -0.05) is 18.9 Å². The monoisotopic (exact) mass is 382 g/mol. The van der Waals surface area contributed by atoms with Gasteiger partial charge >= 0.3 is 0 Å². The van der Waals surface area contributed by atoms with Crippen molar-refractivity contribution in [3.05, 3.63) is 41.2 Å². The largest absolute Gasteiger partial charge is 0.480 e. The minimum Gasteiger partial charge on any atom is -0.480 e. The van der Waals surface area contributed by atoms with Crippen molar-refractivity contribution in [2.75, 3.05) is 5.32 Å². The summed E-state index contributed by atoms with van der Waals surface area (Å²) in [5.74, 6) is 0.525. The van der Waals surface area contributed by atoms with Gasteiger partial charge in [-0.25, -0.2) is 0 Å². The van der Waals surface area contributed by atoms with E-state index in [9.17, 15) is 9.59 Å². The van der Waals surface area contributed by atoms with E-state index in [1.54, 1.807) is 12.4 Å². The number of nitrogens with one attached hydrogen (secondary N) is 2. The summed E-state index contributed by atoms with van der Waals surface area (Å²) in [5.41, 5.74) is 3.96. The number of aryl methyl sites for hydroxylation is 2. The van der Waals surface area contributed by atoms with Crippen LogP contribution in [0, 0.1) is 13.8 Å². The molecule has 0 bridgehead atoms. The van der Waals surface area contributed by atoms with Crippen molar-refractivity contribution >= 4 is 17.5 Å². The van der Waals surface area contributed by atoms with Crippen molar-refractivity contribution in [1.29, 1.82) is 0 Å². The van der Waals surface area contributed by atoms with Crippen LogP contribution in [0.1, 0.15) is 42.4 Å². The average molecular weight is 382 g/mol. The Hall–Kier alpha value is -2.83. The van der Waals surface area contributed by atoms with Crippen LogP contribution in [0.15, 0.2) is 24.5 Å². The van der Waals surface area contributed by atoms with E-state index in [1.807, 2.05) is 13.0 Å². The molecule has 0 saturated heterocycles. The molecule has 1 atom stereocenters. The number of rotatable bonds is 5. The third kappa shape index (κ3) is 4.03. The van der Waals surface area contributed by atoms with Crippen LogP contribution in [-0.4, -0.2) is 33.7 Å². The van der Waals surface area contributed by atoms with Gasteiger partial charge in [0.2, 0.25) is 5.91 Å². The molecule has 0 spiro atoms. The van der Waals surface area contributed by atoms with Crippen LogP contribution < -0.4 is 15.4 Å². The molecule has 1 saturated carbocycles. The number of benzene rings is 1. The number of aromatic nitrogens is 2. The van der Waals surface area contributed by atoms with Crippen LogP contribution in [0.5, 0.6) is 5.75 Å². The Kier molecular flexibility index (Phi) is 5.07. The summed E-state index contributed by atoms with van der Waals surface area (Å²) in [6.07, 6.45) is 7.68. The molecule has 1 aliphatic carbocycles. The Balaban J connectivity index is 1.31. The Morgan fingerprint density at radius 1 is 1.21 bits per heavy atom. The van der Waals surface area contributed by atoms with E-state index in [-0.39, 0.29) is 24.4 Å². The van der Waals surface area contributed by atoms with E-state index in [0.717, 1.165) is 29.7 Å². The highest BCUT2D eigenvalue weighted by molar-refractivity contribution is 5.95. The molecule has 7 heteroatoms. The van der Waals surface area contributed by atoms with Gasteiger partial charge in [-0.2, -0.15) is 5.10 Å². The number of ether oxygens (including phenoxy) is 1. The first-order chi connectivity index (χ1) is 13.5. The zero-order chi connectivity index (χ0) is 19.7. The fourth-order valence-electron chi connectivity index (χ4n) is 3.89. The number of carbonyl (C=O) groups is 2. The van der Waals surface area contributed by atoms with Crippen molar-refractivity contribution in [3.63, 3.8) is 0 Å². The summed E-state index contributed by atoms with van der Waals surface area (Å²) in [6, 6.07) is 4.35. The van der Waals surface area contributed by atoms with Crippen LogP contribution in [-0.2, 0) is 22.6 Å². The van der Waals surface area contributed by atoms with Gasteiger partial charge in [-0.3, -0.25) is 14.3 Å². The molecule has 1 aromatic carbocycles. The maximum atomic E-state index is 12.6. The number of hydrogen-bond acceptors (Lipinski definition) is 4. The van der Waals surface area contributed by atoms with Crippen molar-refractivity contribution in [2.24, 2.45) is 0 Å². The number of amides is 2. The lowest BCUT2D eigenvalue weighted by Crippen LogP contribution is -2.35. The Morgan fingerprint density at radius 2 is 1.96 bits per heavy atom. The molecule has 148 valence electrons. The van der Waals surface area contributed by atoms with Gasteiger partial charge < -0.3 is 15.4 Å². The quantitative estimate of drug-likeness (QED) is 0.832. The van der Waals surface area contributed by atoms with E-state index in [1.165, 1.54) is 23.1 Å². The lowest BCUT2D eigenvalue weighted by atomic mass is 10.0. The van der Waals surface area contributed by atoms with Crippen molar-refractivity contribution < 1.29 is 14.3 Å². The zero-order valence-electron chi connectivity index (χ0n) is 16.3. The molecule has 1 unspecified atom stereocenters. The molecule has 1 aliphatic heterocycles. The normalized spacial score (nSPS) is 18.6. The Labute approximate surface area is 164 Å².